The molecule has 0 aromatic carbocycles. The molecule has 0 aliphatic heterocycles. The first kappa shape index (κ1) is 11.2. The number of halogens is 4. The first-order chi connectivity index (χ1) is 6.32. The normalized spacial score (nSPS) is 11.5. The number of alkyl halides is 3. The molecule has 2 nitrogen and oxygen atoms in total. The molecule has 0 saturated heterocycles. The molecular formula is C8H5BrF3NO. The first-order valence-electron chi connectivity index (χ1n) is 3.56. The fourth-order valence-corrected chi connectivity index (χ4v) is 1.36. The molecule has 1 heterocycles. The zero-order valence-electron chi connectivity index (χ0n) is 7.02. The second kappa shape index (κ2) is 3.68. The maximum atomic E-state index is 12.0. The van der Waals surface area contributed by atoms with Crippen LogP contribution in [0.3, 0.4) is 0 Å². The Kier molecular flexibility index (Phi) is 2.94. The number of carbonyl (C=O) groups is 1. The van der Waals surface area contributed by atoms with Crippen molar-refractivity contribution >= 4 is 21.7 Å². The Bertz CT molecular complexity index is 375. The van der Waals surface area contributed by atoms with Crippen LogP contribution in [0.4, 0.5) is 13.2 Å². The van der Waals surface area contributed by atoms with Gasteiger partial charge in [-0.25, -0.2) is 0 Å². The lowest BCUT2D eigenvalue weighted by atomic mass is 10.1. The van der Waals surface area contributed by atoms with Gasteiger partial charge in [-0.3, -0.25) is 9.78 Å². The van der Waals surface area contributed by atoms with E-state index in [2.05, 4.69) is 20.9 Å². The molecule has 0 bridgehead atoms. The van der Waals surface area contributed by atoms with Crippen LogP contribution in [-0.4, -0.2) is 16.9 Å². The van der Waals surface area contributed by atoms with E-state index in [-0.39, 0.29) is 5.56 Å². The Morgan fingerprint density at radius 3 is 2.50 bits per heavy atom. The molecule has 0 saturated carbocycles. The van der Waals surface area contributed by atoms with Gasteiger partial charge < -0.3 is 0 Å². The lowest BCUT2D eigenvalue weighted by Crippen LogP contribution is -2.24. The average Bonchev–Trinajstić information content (AvgIpc) is 2.01. The second-order valence-electron chi connectivity index (χ2n) is 2.65. The zero-order valence-corrected chi connectivity index (χ0v) is 8.61. The van der Waals surface area contributed by atoms with E-state index in [0.717, 1.165) is 6.20 Å². The van der Waals surface area contributed by atoms with E-state index in [1.807, 2.05) is 0 Å². The van der Waals surface area contributed by atoms with Crippen molar-refractivity contribution in [3.8, 4) is 0 Å². The van der Waals surface area contributed by atoms with Crippen molar-refractivity contribution in [3.63, 3.8) is 0 Å². The minimum Gasteiger partial charge on any atom is -0.282 e. The van der Waals surface area contributed by atoms with Crippen molar-refractivity contribution in [3.05, 3.63) is 28.0 Å². The third-order valence-electron chi connectivity index (χ3n) is 1.52. The van der Waals surface area contributed by atoms with Crippen LogP contribution in [0.25, 0.3) is 0 Å². The maximum absolute atomic E-state index is 12.0. The number of hydrogen-bond acceptors (Lipinski definition) is 2. The van der Waals surface area contributed by atoms with Crippen LogP contribution in [0.1, 0.15) is 16.1 Å². The molecule has 1 rings (SSSR count). The molecule has 1 aromatic rings. The lowest BCUT2D eigenvalue weighted by Gasteiger charge is -2.06. The summed E-state index contributed by atoms with van der Waals surface area (Å²) in [5, 5.41) is 0. The van der Waals surface area contributed by atoms with Crippen molar-refractivity contribution in [1.29, 1.82) is 0 Å². The fraction of sp³-hybridized carbons (Fsp3) is 0.250. The zero-order chi connectivity index (χ0) is 10.9. The number of ketones is 1. The predicted octanol–water partition coefficient (Wildman–Crippen LogP) is 2.90. The Hall–Kier alpha value is -0.910. The number of carbonyl (C=O) groups excluding carboxylic acids is 1. The van der Waals surface area contributed by atoms with Crippen molar-refractivity contribution in [1.82, 2.24) is 4.98 Å². The van der Waals surface area contributed by atoms with Gasteiger partial charge in [0.2, 0.25) is 0 Å². The molecule has 76 valence electrons. The number of rotatable bonds is 1. The SMILES string of the molecule is Cc1cc(Br)cnc1C(=O)C(F)(F)F. The highest BCUT2D eigenvalue weighted by Gasteiger charge is 2.40. The molecule has 0 radical (unpaired) electrons. The monoisotopic (exact) mass is 267 g/mol. The molecule has 14 heavy (non-hydrogen) atoms. The number of nitrogens with zero attached hydrogens (tertiary/aromatic N) is 1. The van der Waals surface area contributed by atoms with Gasteiger partial charge in [-0.05, 0) is 34.5 Å². The van der Waals surface area contributed by atoms with Crippen LogP contribution in [0, 0.1) is 6.92 Å². The van der Waals surface area contributed by atoms with Gasteiger partial charge >= 0.3 is 6.18 Å². The molecule has 0 spiro atoms. The van der Waals surface area contributed by atoms with Crippen molar-refractivity contribution in [2.45, 2.75) is 13.1 Å². The van der Waals surface area contributed by atoms with Crippen molar-refractivity contribution in [2.75, 3.05) is 0 Å². The van der Waals surface area contributed by atoms with Crippen LogP contribution < -0.4 is 0 Å². The third-order valence-corrected chi connectivity index (χ3v) is 1.95. The number of hydrogen-bond donors (Lipinski definition) is 0. The summed E-state index contributed by atoms with van der Waals surface area (Å²) >= 11 is 3.04. The molecule has 0 aliphatic carbocycles. The highest BCUT2D eigenvalue weighted by atomic mass is 79.9. The summed E-state index contributed by atoms with van der Waals surface area (Å²) in [4.78, 5) is 14.2. The van der Waals surface area contributed by atoms with Gasteiger partial charge in [-0.15, -0.1) is 0 Å². The van der Waals surface area contributed by atoms with Gasteiger partial charge in [0.15, 0.2) is 0 Å². The summed E-state index contributed by atoms with van der Waals surface area (Å²) < 4.78 is 36.6. The minimum absolute atomic E-state index is 0.196. The molecule has 1 aromatic heterocycles. The summed E-state index contributed by atoms with van der Waals surface area (Å²) in [7, 11) is 0. The van der Waals surface area contributed by atoms with Crippen molar-refractivity contribution in [2.24, 2.45) is 0 Å². The van der Waals surface area contributed by atoms with Crippen LogP contribution in [0.2, 0.25) is 0 Å². The summed E-state index contributed by atoms with van der Waals surface area (Å²) in [6, 6.07) is 1.41. The number of pyridine rings is 1. The topological polar surface area (TPSA) is 30.0 Å². The average molecular weight is 268 g/mol. The van der Waals surface area contributed by atoms with Gasteiger partial charge in [0.25, 0.3) is 5.78 Å². The quantitative estimate of drug-likeness (QED) is 0.733. The second-order valence-corrected chi connectivity index (χ2v) is 3.56. The van der Waals surface area contributed by atoms with Crippen LogP contribution in [0.5, 0.6) is 0 Å². The summed E-state index contributed by atoms with van der Waals surface area (Å²) in [5.74, 6) is -1.91. The minimum atomic E-state index is -4.87. The standard InChI is InChI=1S/C8H5BrF3NO/c1-4-2-5(9)3-13-6(4)7(14)8(10,11)12/h2-3H,1H3. The molecule has 0 unspecified atom stereocenters. The maximum Gasteiger partial charge on any atom is 0.456 e. The van der Waals surface area contributed by atoms with Gasteiger partial charge in [-0.1, -0.05) is 0 Å². The number of aryl methyl sites for hydroxylation is 1. The number of Topliss-reactive ketones (excluding diaryl/α,β-unsaturated/α-hetero) is 1. The van der Waals surface area contributed by atoms with E-state index in [0.29, 0.717) is 4.47 Å². The Balaban J connectivity index is 3.15. The van der Waals surface area contributed by atoms with Crippen LogP contribution >= 0.6 is 15.9 Å². The summed E-state index contributed by atoms with van der Waals surface area (Å²) in [6.45, 7) is 1.40. The van der Waals surface area contributed by atoms with Gasteiger partial charge in [-0.2, -0.15) is 13.2 Å². The molecule has 0 N–H and O–H groups in total. The van der Waals surface area contributed by atoms with E-state index >= 15 is 0 Å². The summed E-state index contributed by atoms with van der Waals surface area (Å²) in [6.07, 6.45) is -3.71. The summed E-state index contributed by atoms with van der Waals surface area (Å²) in [5.41, 5.74) is -0.359. The highest BCUT2D eigenvalue weighted by Crippen LogP contribution is 2.23. The van der Waals surface area contributed by atoms with Crippen LogP contribution in [0.15, 0.2) is 16.7 Å². The largest absolute Gasteiger partial charge is 0.456 e. The first-order valence-corrected chi connectivity index (χ1v) is 4.35. The lowest BCUT2D eigenvalue weighted by molar-refractivity contribution is -0.0888. The fourth-order valence-electron chi connectivity index (χ4n) is 0.912. The Morgan fingerprint density at radius 2 is 2.07 bits per heavy atom. The number of aromatic nitrogens is 1. The van der Waals surface area contributed by atoms with E-state index in [9.17, 15) is 18.0 Å². The van der Waals surface area contributed by atoms with E-state index in [4.69, 9.17) is 0 Å². The van der Waals surface area contributed by atoms with Gasteiger partial charge in [0.1, 0.15) is 5.69 Å². The van der Waals surface area contributed by atoms with E-state index < -0.39 is 17.7 Å². The van der Waals surface area contributed by atoms with E-state index in [1.54, 1.807) is 0 Å². The van der Waals surface area contributed by atoms with E-state index in [1.165, 1.54) is 13.0 Å². The smallest absolute Gasteiger partial charge is 0.282 e. The predicted molar refractivity (Wildman–Crippen MR) is 47.1 cm³/mol. The van der Waals surface area contributed by atoms with Gasteiger partial charge in [0, 0.05) is 10.7 Å². The molecule has 0 atom stereocenters. The molecule has 0 fully saturated rings. The highest BCUT2D eigenvalue weighted by molar-refractivity contribution is 9.10. The Morgan fingerprint density at radius 1 is 1.50 bits per heavy atom. The third kappa shape index (κ3) is 2.31. The van der Waals surface area contributed by atoms with Crippen LogP contribution in [-0.2, 0) is 0 Å². The molecular weight excluding hydrogens is 263 g/mol. The Labute approximate surface area is 86.3 Å². The molecule has 0 amide bonds. The van der Waals surface area contributed by atoms with Gasteiger partial charge in [0.05, 0.1) is 0 Å². The molecule has 0 aliphatic rings. The molecule has 6 heteroatoms. The van der Waals surface area contributed by atoms with Crippen molar-refractivity contribution < 1.29 is 18.0 Å².